The molecule has 0 amide bonds. The van der Waals surface area contributed by atoms with Crippen molar-refractivity contribution in [2.24, 2.45) is 0 Å². The van der Waals surface area contributed by atoms with Crippen molar-refractivity contribution in [2.75, 3.05) is 44.7 Å². The van der Waals surface area contributed by atoms with Gasteiger partial charge >= 0.3 is 0 Å². The number of rotatable bonds is 4. The lowest BCUT2D eigenvalue weighted by atomic mass is 10.2. The molecule has 2 rings (SSSR count). The maximum atomic E-state index is 5.99. The molecule has 6 heteroatoms. The molecule has 1 aliphatic heterocycles. The molecule has 1 aromatic rings. The van der Waals surface area contributed by atoms with E-state index in [2.05, 4.69) is 10.6 Å². The topological polar surface area (TPSA) is 37.7 Å². The summed E-state index contributed by atoms with van der Waals surface area (Å²) in [5, 5.41) is 7.78. The third kappa shape index (κ3) is 4.90. The summed E-state index contributed by atoms with van der Waals surface area (Å²) in [6, 6.07) is 5.74. The van der Waals surface area contributed by atoms with Crippen LogP contribution < -0.4 is 15.5 Å². The maximum Gasteiger partial charge on any atom is 0.170 e. The molecule has 4 nitrogen and oxygen atoms in total. The Morgan fingerprint density at radius 2 is 2.15 bits per heavy atom. The van der Waals surface area contributed by atoms with Gasteiger partial charge in [-0.25, -0.2) is 0 Å². The number of nitrogens with one attached hydrogen (secondary N) is 3. The molecule has 0 spiro atoms. The maximum absolute atomic E-state index is 5.99. The highest BCUT2D eigenvalue weighted by Gasteiger charge is 2.13. The summed E-state index contributed by atoms with van der Waals surface area (Å²) < 4.78 is 5.34. The number of anilines is 1. The molecule has 0 atom stereocenters. The number of benzene rings is 1. The molecule has 0 unspecified atom stereocenters. The van der Waals surface area contributed by atoms with Gasteiger partial charge in [0.2, 0.25) is 0 Å². The van der Waals surface area contributed by atoms with E-state index in [0.29, 0.717) is 10.1 Å². The van der Waals surface area contributed by atoms with Crippen molar-refractivity contribution in [3.8, 4) is 0 Å². The summed E-state index contributed by atoms with van der Waals surface area (Å²) in [6.07, 6.45) is 0. The molecule has 3 N–H and O–H groups in total. The standard InChI is InChI=1S/C14H20ClN3OS/c1-11-2-3-12(15)10-13(11)17-14(20)16-4-5-18-6-8-19-9-7-18/h2-3,10H,4-9H2,1H3,(H2,16,17,20)/p+1. The van der Waals surface area contributed by atoms with Gasteiger partial charge in [0.1, 0.15) is 13.1 Å². The minimum absolute atomic E-state index is 0.642. The van der Waals surface area contributed by atoms with E-state index >= 15 is 0 Å². The van der Waals surface area contributed by atoms with E-state index in [1.807, 2.05) is 25.1 Å². The Kier molecular flexibility index (Phi) is 6.04. The van der Waals surface area contributed by atoms with Crippen molar-refractivity contribution in [1.82, 2.24) is 5.32 Å². The van der Waals surface area contributed by atoms with Crippen LogP contribution in [-0.2, 0) is 4.74 Å². The van der Waals surface area contributed by atoms with E-state index in [1.165, 1.54) is 0 Å². The number of aryl methyl sites for hydroxylation is 1. The van der Waals surface area contributed by atoms with E-state index < -0.39 is 0 Å². The quantitative estimate of drug-likeness (QED) is 0.721. The molecule has 0 aromatic heterocycles. The first-order valence-electron chi connectivity index (χ1n) is 6.87. The van der Waals surface area contributed by atoms with Gasteiger partial charge in [-0.2, -0.15) is 0 Å². The second-order valence-corrected chi connectivity index (χ2v) is 5.80. The van der Waals surface area contributed by atoms with Gasteiger partial charge < -0.3 is 20.3 Å². The molecule has 0 radical (unpaired) electrons. The van der Waals surface area contributed by atoms with Gasteiger partial charge in [0.05, 0.1) is 26.3 Å². The van der Waals surface area contributed by atoms with Gasteiger partial charge in [0, 0.05) is 10.7 Å². The van der Waals surface area contributed by atoms with E-state index in [4.69, 9.17) is 28.6 Å². The Morgan fingerprint density at radius 1 is 1.40 bits per heavy atom. The average molecular weight is 315 g/mol. The first-order valence-corrected chi connectivity index (χ1v) is 7.66. The fraction of sp³-hybridized carbons (Fsp3) is 0.500. The fourth-order valence-corrected chi connectivity index (χ4v) is 2.54. The monoisotopic (exact) mass is 314 g/mol. The van der Waals surface area contributed by atoms with Crippen LogP contribution in [0.15, 0.2) is 18.2 Å². The third-order valence-corrected chi connectivity index (χ3v) is 3.89. The van der Waals surface area contributed by atoms with E-state index in [1.54, 1.807) is 4.90 Å². The van der Waals surface area contributed by atoms with Gasteiger partial charge in [-0.15, -0.1) is 0 Å². The second kappa shape index (κ2) is 7.78. The smallest absolute Gasteiger partial charge is 0.170 e. The predicted octanol–water partition coefficient (Wildman–Crippen LogP) is 0.850. The molecule has 1 aliphatic rings. The van der Waals surface area contributed by atoms with Gasteiger partial charge in [-0.05, 0) is 36.8 Å². The summed E-state index contributed by atoms with van der Waals surface area (Å²) in [6.45, 7) is 7.82. The number of hydrogen-bond donors (Lipinski definition) is 3. The van der Waals surface area contributed by atoms with Crippen molar-refractivity contribution in [2.45, 2.75) is 6.92 Å². The average Bonchev–Trinajstić information content (AvgIpc) is 2.44. The van der Waals surface area contributed by atoms with E-state index in [9.17, 15) is 0 Å². The van der Waals surface area contributed by atoms with Gasteiger partial charge in [-0.1, -0.05) is 17.7 Å². The highest BCUT2D eigenvalue weighted by atomic mass is 35.5. The van der Waals surface area contributed by atoms with Crippen molar-refractivity contribution in [3.05, 3.63) is 28.8 Å². The summed E-state index contributed by atoms with van der Waals surface area (Å²) in [4.78, 5) is 1.56. The van der Waals surface area contributed by atoms with Crippen LogP contribution in [0.5, 0.6) is 0 Å². The lowest BCUT2D eigenvalue weighted by molar-refractivity contribution is -0.906. The van der Waals surface area contributed by atoms with Crippen LogP contribution in [-0.4, -0.2) is 44.5 Å². The third-order valence-electron chi connectivity index (χ3n) is 3.41. The lowest BCUT2D eigenvalue weighted by Crippen LogP contribution is -3.14. The van der Waals surface area contributed by atoms with Crippen LogP contribution in [0.1, 0.15) is 5.56 Å². The van der Waals surface area contributed by atoms with E-state index in [-0.39, 0.29) is 0 Å². The van der Waals surface area contributed by atoms with Gasteiger partial charge in [0.15, 0.2) is 5.11 Å². The number of ether oxygens (including phenoxy) is 1. The molecule has 0 bridgehead atoms. The van der Waals surface area contributed by atoms with Crippen LogP contribution in [0.2, 0.25) is 5.02 Å². The molecule has 1 fully saturated rings. The Morgan fingerprint density at radius 3 is 2.90 bits per heavy atom. The van der Waals surface area contributed by atoms with Gasteiger partial charge in [-0.3, -0.25) is 0 Å². The SMILES string of the molecule is Cc1ccc(Cl)cc1NC(=S)NCC[NH+]1CCOCC1. The number of morpholine rings is 1. The molecule has 0 saturated carbocycles. The van der Waals surface area contributed by atoms with Gasteiger partial charge in [0.25, 0.3) is 0 Å². The zero-order chi connectivity index (χ0) is 14.4. The molecular weight excluding hydrogens is 294 g/mol. The fourth-order valence-electron chi connectivity index (χ4n) is 2.16. The first kappa shape index (κ1) is 15.5. The van der Waals surface area contributed by atoms with Crippen LogP contribution in [0, 0.1) is 6.92 Å². The predicted molar refractivity (Wildman–Crippen MR) is 86.8 cm³/mol. The molecule has 1 heterocycles. The number of hydrogen-bond acceptors (Lipinski definition) is 2. The van der Waals surface area contributed by atoms with Crippen LogP contribution in [0.4, 0.5) is 5.69 Å². The summed E-state index contributed by atoms with van der Waals surface area (Å²) in [7, 11) is 0. The van der Waals surface area contributed by atoms with Crippen LogP contribution in [0.25, 0.3) is 0 Å². The van der Waals surface area contributed by atoms with Crippen molar-refractivity contribution in [1.29, 1.82) is 0 Å². The largest absolute Gasteiger partial charge is 0.370 e. The summed E-state index contributed by atoms with van der Waals surface area (Å²) >= 11 is 11.3. The summed E-state index contributed by atoms with van der Waals surface area (Å²) in [5.74, 6) is 0. The Balaban J connectivity index is 1.73. The van der Waals surface area contributed by atoms with Crippen molar-refractivity contribution in [3.63, 3.8) is 0 Å². The van der Waals surface area contributed by atoms with Crippen molar-refractivity contribution < 1.29 is 9.64 Å². The molecule has 110 valence electrons. The lowest BCUT2D eigenvalue weighted by Gasteiger charge is -2.24. The molecule has 1 saturated heterocycles. The number of quaternary nitrogens is 1. The molecular formula is C14H21ClN3OS+. The zero-order valence-electron chi connectivity index (χ0n) is 11.7. The second-order valence-electron chi connectivity index (χ2n) is 4.95. The Labute approximate surface area is 130 Å². The zero-order valence-corrected chi connectivity index (χ0v) is 13.2. The number of halogens is 1. The highest BCUT2D eigenvalue weighted by Crippen LogP contribution is 2.19. The molecule has 20 heavy (non-hydrogen) atoms. The molecule has 0 aliphatic carbocycles. The Hall–Kier alpha value is -0.880. The Bertz CT molecular complexity index is 464. The van der Waals surface area contributed by atoms with Crippen LogP contribution in [0.3, 0.4) is 0 Å². The molecule has 1 aromatic carbocycles. The first-order chi connectivity index (χ1) is 9.65. The minimum atomic E-state index is 0.642. The highest BCUT2D eigenvalue weighted by molar-refractivity contribution is 7.80. The van der Waals surface area contributed by atoms with Crippen molar-refractivity contribution >= 4 is 34.6 Å². The summed E-state index contributed by atoms with van der Waals surface area (Å²) in [5.41, 5.74) is 2.08. The minimum Gasteiger partial charge on any atom is -0.370 e. The number of thiocarbonyl (C=S) groups is 1. The van der Waals surface area contributed by atoms with E-state index in [0.717, 1.165) is 50.6 Å². The van der Waals surface area contributed by atoms with Crippen LogP contribution >= 0.6 is 23.8 Å². The normalized spacial score (nSPS) is 15.9.